The predicted octanol–water partition coefficient (Wildman–Crippen LogP) is 3.97. The van der Waals surface area contributed by atoms with E-state index in [0.717, 1.165) is 32.1 Å². The largest absolute Gasteiger partial charge is 0.391 e. The van der Waals surface area contributed by atoms with Gasteiger partial charge < -0.3 is 5.11 Å². The van der Waals surface area contributed by atoms with Crippen LogP contribution in [0.1, 0.15) is 51.9 Å². The summed E-state index contributed by atoms with van der Waals surface area (Å²) < 4.78 is 0.409. The second-order valence-electron chi connectivity index (χ2n) is 7.59. The number of allylic oxidation sites excluding steroid dienone is 4. The minimum Gasteiger partial charge on any atom is -0.391 e. The van der Waals surface area contributed by atoms with Crippen LogP contribution in [0, 0.1) is 17.3 Å². The van der Waals surface area contributed by atoms with Crippen LogP contribution in [0.25, 0.3) is 0 Å². The molecule has 1 N–H and O–H groups in total. The molecular formula is C18H23IO2. The molecule has 0 amide bonds. The van der Waals surface area contributed by atoms with Crippen LogP contribution in [0.15, 0.2) is 22.8 Å². The molecule has 3 heteroatoms. The molecule has 21 heavy (non-hydrogen) atoms. The second kappa shape index (κ2) is 4.92. The Morgan fingerprint density at radius 2 is 2.10 bits per heavy atom. The number of ketones is 1. The van der Waals surface area contributed by atoms with Gasteiger partial charge in [-0.05, 0) is 73.0 Å². The molecular weight excluding hydrogens is 375 g/mol. The summed E-state index contributed by atoms with van der Waals surface area (Å²) in [5.74, 6) is 1.63. The van der Waals surface area contributed by atoms with Crippen LogP contribution in [0.3, 0.4) is 0 Å². The van der Waals surface area contributed by atoms with Crippen molar-refractivity contribution >= 4 is 28.4 Å². The molecule has 2 saturated carbocycles. The Morgan fingerprint density at radius 3 is 2.90 bits per heavy atom. The Kier molecular flexibility index (Phi) is 3.38. The number of fused-ring (bicyclic) bond motifs is 4. The van der Waals surface area contributed by atoms with Gasteiger partial charge in [-0.1, -0.05) is 35.1 Å². The monoisotopic (exact) mass is 398 g/mol. The fraction of sp³-hybridized carbons (Fsp3) is 0.722. The summed E-state index contributed by atoms with van der Waals surface area (Å²) in [7, 11) is 0. The van der Waals surface area contributed by atoms with Gasteiger partial charge in [0.15, 0.2) is 5.78 Å². The second-order valence-corrected chi connectivity index (χ2v) is 9.19. The lowest BCUT2D eigenvalue weighted by Gasteiger charge is -2.48. The number of alkyl halides is 1. The van der Waals surface area contributed by atoms with Crippen molar-refractivity contribution < 1.29 is 9.90 Å². The maximum atomic E-state index is 11.7. The molecule has 0 unspecified atom stereocenters. The number of hydrogen-bond acceptors (Lipinski definition) is 2. The van der Waals surface area contributed by atoms with E-state index in [1.807, 2.05) is 6.08 Å². The van der Waals surface area contributed by atoms with Crippen molar-refractivity contribution in [2.24, 2.45) is 17.3 Å². The van der Waals surface area contributed by atoms with Crippen LogP contribution in [0.4, 0.5) is 0 Å². The molecule has 0 aromatic carbocycles. The van der Waals surface area contributed by atoms with Crippen molar-refractivity contribution in [1.82, 2.24) is 0 Å². The van der Waals surface area contributed by atoms with Crippen molar-refractivity contribution in [2.45, 2.75) is 61.9 Å². The van der Waals surface area contributed by atoms with Crippen molar-refractivity contribution in [1.29, 1.82) is 0 Å². The standard InChI is InChI=1S/C18H23IO2/c1-18-7-6-13-12-5-3-11(20)8-10(12)2-4-14(13)15(18)9-16(19)17(18)21/h8,14-17,21H,2-7,9H2,1H3/t14-,15+,16-,17+,18+/m1/s1. The Hall–Kier alpha value is -0.160. The smallest absolute Gasteiger partial charge is 0.156 e. The maximum Gasteiger partial charge on any atom is 0.156 e. The third-order valence-corrected chi connectivity index (χ3v) is 7.86. The molecule has 0 aromatic heterocycles. The number of aliphatic hydroxyl groups is 1. The van der Waals surface area contributed by atoms with Crippen molar-refractivity contribution in [3.05, 3.63) is 22.8 Å². The van der Waals surface area contributed by atoms with Crippen LogP contribution in [0.2, 0.25) is 0 Å². The van der Waals surface area contributed by atoms with E-state index in [2.05, 4.69) is 29.5 Å². The molecule has 0 saturated heterocycles. The van der Waals surface area contributed by atoms with Gasteiger partial charge in [-0.2, -0.15) is 0 Å². The average Bonchev–Trinajstić information content (AvgIpc) is 2.70. The van der Waals surface area contributed by atoms with Gasteiger partial charge in [-0.3, -0.25) is 4.79 Å². The van der Waals surface area contributed by atoms with E-state index in [1.54, 1.807) is 5.57 Å². The van der Waals surface area contributed by atoms with Crippen molar-refractivity contribution in [2.75, 3.05) is 0 Å². The molecule has 5 atom stereocenters. The van der Waals surface area contributed by atoms with Gasteiger partial charge in [0.2, 0.25) is 0 Å². The van der Waals surface area contributed by atoms with Crippen molar-refractivity contribution in [3.8, 4) is 0 Å². The zero-order chi connectivity index (χ0) is 14.8. The Labute approximate surface area is 140 Å². The van der Waals surface area contributed by atoms with E-state index in [-0.39, 0.29) is 11.5 Å². The molecule has 4 rings (SSSR count). The number of rotatable bonds is 0. The summed E-state index contributed by atoms with van der Waals surface area (Å²) in [6.07, 6.45) is 9.13. The number of hydrogen-bond donors (Lipinski definition) is 1. The normalized spacial score (nSPS) is 45.9. The first-order chi connectivity index (χ1) is 10.0. The van der Waals surface area contributed by atoms with E-state index >= 15 is 0 Å². The fourth-order valence-corrected chi connectivity index (χ4v) is 6.85. The quantitative estimate of drug-likeness (QED) is 0.495. The summed E-state index contributed by atoms with van der Waals surface area (Å²) in [5, 5.41) is 10.6. The highest BCUT2D eigenvalue weighted by molar-refractivity contribution is 14.1. The lowest BCUT2D eigenvalue weighted by Crippen LogP contribution is -2.42. The molecule has 4 aliphatic carbocycles. The maximum absolute atomic E-state index is 11.7. The topological polar surface area (TPSA) is 37.3 Å². The van der Waals surface area contributed by atoms with Gasteiger partial charge in [0, 0.05) is 10.3 Å². The molecule has 0 heterocycles. The minimum absolute atomic E-state index is 0.117. The zero-order valence-electron chi connectivity index (χ0n) is 12.6. The number of halogens is 1. The number of carbonyl (C=O) groups is 1. The SMILES string of the molecule is C[C@]12CCC3=C4CCC(=O)C=C4CC[C@H]3[C@@H]1C[C@@H](I)[C@@H]2O. The molecule has 2 nitrogen and oxygen atoms in total. The molecule has 0 radical (unpaired) electrons. The van der Waals surface area contributed by atoms with Gasteiger partial charge in [0.1, 0.15) is 0 Å². The number of carbonyl (C=O) groups excluding carboxylic acids is 1. The Bertz CT molecular complexity index is 562. The predicted molar refractivity (Wildman–Crippen MR) is 91.3 cm³/mol. The summed E-state index contributed by atoms with van der Waals surface area (Å²) in [6, 6.07) is 0. The molecule has 114 valence electrons. The Balaban J connectivity index is 1.74. The van der Waals surface area contributed by atoms with Crippen LogP contribution >= 0.6 is 22.6 Å². The minimum atomic E-state index is -0.139. The first kappa shape index (κ1) is 14.4. The fourth-order valence-electron chi connectivity index (χ4n) is 5.48. The highest BCUT2D eigenvalue weighted by Crippen LogP contribution is 2.61. The van der Waals surface area contributed by atoms with Gasteiger partial charge in [0.25, 0.3) is 0 Å². The lowest BCUT2D eigenvalue weighted by molar-refractivity contribution is -0.114. The van der Waals surface area contributed by atoms with E-state index in [9.17, 15) is 9.90 Å². The summed E-state index contributed by atoms with van der Waals surface area (Å²) in [4.78, 5) is 11.7. The molecule has 0 bridgehead atoms. The van der Waals surface area contributed by atoms with E-state index < -0.39 is 0 Å². The molecule has 4 aliphatic rings. The zero-order valence-corrected chi connectivity index (χ0v) is 14.7. The number of aliphatic hydroxyl groups excluding tert-OH is 1. The first-order valence-electron chi connectivity index (χ1n) is 8.28. The van der Waals surface area contributed by atoms with Crippen molar-refractivity contribution in [3.63, 3.8) is 0 Å². The highest BCUT2D eigenvalue weighted by atomic mass is 127. The van der Waals surface area contributed by atoms with Crippen LogP contribution in [-0.4, -0.2) is 20.9 Å². The van der Waals surface area contributed by atoms with E-state index in [4.69, 9.17) is 0 Å². The van der Waals surface area contributed by atoms with Gasteiger partial charge >= 0.3 is 0 Å². The summed E-state index contributed by atoms with van der Waals surface area (Å²) >= 11 is 2.45. The Morgan fingerprint density at radius 1 is 1.29 bits per heavy atom. The molecule has 0 aliphatic heterocycles. The molecule has 2 fully saturated rings. The third-order valence-electron chi connectivity index (χ3n) is 6.67. The molecule has 0 spiro atoms. The van der Waals surface area contributed by atoms with E-state index in [1.165, 1.54) is 17.6 Å². The van der Waals surface area contributed by atoms with Gasteiger partial charge in [-0.15, -0.1) is 0 Å². The third kappa shape index (κ3) is 2.03. The lowest BCUT2D eigenvalue weighted by atomic mass is 9.57. The van der Waals surface area contributed by atoms with Gasteiger partial charge in [0.05, 0.1) is 6.10 Å². The average molecular weight is 398 g/mol. The molecule has 0 aromatic rings. The van der Waals surface area contributed by atoms with Gasteiger partial charge in [-0.25, -0.2) is 0 Å². The van der Waals surface area contributed by atoms with Crippen LogP contribution in [0.5, 0.6) is 0 Å². The van der Waals surface area contributed by atoms with E-state index in [0.29, 0.717) is 28.0 Å². The van der Waals surface area contributed by atoms with Crippen LogP contribution < -0.4 is 0 Å². The summed E-state index contributed by atoms with van der Waals surface area (Å²) in [5.41, 5.74) is 4.64. The highest BCUT2D eigenvalue weighted by Gasteiger charge is 2.56. The summed E-state index contributed by atoms with van der Waals surface area (Å²) in [6.45, 7) is 2.32. The first-order valence-corrected chi connectivity index (χ1v) is 9.53. The van der Waals surface area contributed by atoms with Crippen LogP contribution in [-0.2, 0) is 4.79 Å².